The molecule has 5 nitrogen and oxygen atoms in total. The summed E-state index contributed by atoms with van der Waals surface area (Å²) in [5, 5.41) is 3.20. The van der Waals surface area contributed by atoms with E-state index < -0.39 is 0 Å². The van der Waals surface area contributed by atoms with Crippen LogP contribution in [0.4, 0.5) is 5.82 Å². The molecule has 21 heavy (non-hydrogen) atoms. The molecule has 4 rings (SSSR count). The van der Waals surface area contributed by atoms with Crippen molar-refractivity contribution in [3.63, 3.8) is 0 Å². The molecule has 1 aliphatic rings. The lowest BCUT2D eigenvalue weighted by atomic mass is 10.1. The van der Waals surface area contributed by atoms with Crippen LogP contribution in [0, 0.1) is 0 Å². The molecular weight excluding hydrogens is 282 g/mol. The first-order chi connectivity index (χ1) is 10.3. The highest BCUT2D eigenvalue weighted by Gasteiger charge is 2.21. The van der Waals surface area contributed by atoms with Gasteiger partial charge in [0.15, 0.2) is 0 Å². The molecule has 0 N–H and O–H groups in total. The molecule has 0 bridgehead atoms. The number of hydrogen-bond donors (Lipinski definition) is 0. The van der Waals surface area contributed by atoms with Crippen LogP contribution in [-0.2, 0) is 19.4 Å². The van der Waals surface area contributed by atoms with E-state index in [1.165, 1.54) is 5.56 Å². The van der Waals surface area contributed by atoms with Gasteiger partial charge in [-0.15, -0.1) is 11.3 Å². The number of aryl methyl sites for hydroxylation is 1. The quantitative estimate of drug-likeness (QED) is 0.728. The Morgan fingerprint density at radius 2 is 2.24 bits per heavy atom. The maximum absolute atomic E-state index is 4.68. The molecule has 3 aromatic heterocycles. The van der Waals surface area contributed by atoms with Crippen LogP contribution in [-0.4, -0.2) is 26.5 Å². The van der Waals surface area contributed by atoms with Gasteiger partial charge in [-0.1, -0.05) is 6.92 Å². The summed E-state index contributed by atoms with van der Waals surface area (Å²) in [5.74, 6) is 1.93. The zero-order valence-corrected chi connectivity index (χ0v) is 12.6. The molecule has 106 valence electrons. The first kappa shape index (κ1) is 12.6. The van der Waals surface area contributed by atoms with E-state index in [0.717, 1.165) is 53.5 Å². The van der Waals surface area contributed by atoms with Crippen LogP contribution >= 0.6 is 11.3 Å². The van der Waals surface area contributed by atoms with Gasteiger partial charge < -0.3 is 4.90 Å². The van der Waals surface area contributed by atoms with Gasteiger partial charge in [0.05, 0.1) is 17.6 Å². The van der Waals surface area contributed by atoms with Gasteiger partial charge in [-0.25, -0.2) is 19.9 Å². The number of fused-ring (bicyclic) bond motifs is 2. The molecule has 0 spiro atoms. The minimum absolute atomic E-state index is 0.798. The SMILES string of the molecule is CCc1ncc2c(n1)CN(c1ncnc3sccc13)CC2. The van der Waals surface area contributed by atoms with Crippen molar-refractivity contribution in [2.45, 2.75) is 26.3 Å². The van der Waals surface area contributed by atoms with E-state index in [1.54, 1.807) is 17.7 Å². The average molecular weight is 297 g/mol. The molecule has 0 unspecified atom stereocenters. The second kappa shape index (κ2) is 5.04. The Bertz CT molecular complexity index is 798. The van der Waals surface area contributed by atoms with Crippen molar-refractivity contribution in [3.8, 4) is 0 Å². The first-order valence-electron chi connectivity index (χ1n) is 7.12. The molecule has 0 amide bonds. The third kappa shape index (κ3) is 2.15. The van der Waals surface area contributed by atoms with E-state index in [0.29, 0.717) is 0 Å². The summed E-state index contributed by atoms with van der Waals surface area (Å²) in [6.45, 7) is 3.83. The Morgan fingerprint density at radius 1 is 1.29 bits per heavy atom. The summed E-state index contributed by atoms with van der Waals surface area (Å²) in [6.07, 6.45) is 5.48. The molecule has 4 heterocycles. The molecule has 3 aromatic rings. The highest BCUT2D eigenvalue weighted by molar-refractivity contribution is 7.16. The van der Waals surface area contributed by atoms with Gasteiger partial charge in [0.25, 0.3) is 0 Å². The van der Waals surface area contributed by atoms with Crippen LogP contribution in [0.3, 0.4) is 0 Å². The van der Waals surface area contributed by atoms with Crippen LogP contribution < -0.4 is 4.90 Å². The number of anilines is 1. The minimum atomic E-state index is 0.798. The standard InChI is InChI=1S/C15H15N5S/c1-2-13-16-7-10-3-5-20(8-12(10)19-13)14-11-4-6-21-15(11)18-9-17-14/h4,6-7,9H,2-3,5,8H2,1H3. The van der Waals surface area contributed by atoms with E-state index in [9.17, 15) is 0 Å². The van der Waals surface area contributed by atoms with Gasteiger partial charge in [-0.05, 0) is 23.4 Å². The fourth-order valence-corrected chi connectivity index (χ4v) is 3.45. The lowest BCUT2D eigenvalue weighted by Gasteiger charge is -2.29. The van der Waals surface area contributed by atoms with E-state index in [4.69, 9.17) is 0 Å². The Morgan fingerprint density at radius 3 is 3.14 bits per heavy atom. The summed E-state index contributed by atoms with van der Waals surface area (Å²) >= 11 is 1.65. The lowest BCUT2D eigenvalue weighted by molar-refractivity contribution is 0.686. The van der Waals surface area contributed by atoms with Crippen molar-refractivity contribution < 1.29 is 0 Å². The van der Waals surface area contributed by atoms with E-state index in [1.807, 2.05) is 6.20 Å². The van der Waals surface area contributed by atoms with Gasteiger partial charge in [0, 0.05) is 19.2 Å². The van der Waals surface area contributed by atoms with Crippen LogP contribution in [0.25, 0.3) is 10.2 Å². The largest absolute Gasteiger partial charge is 0.350 e. The highest BCUT2D eigenvalue weighted by atomic mass is 32.1. The molecular formula is C15H15N5S. The van der Waals surface area contributed by atoms with Crippen molar-refractivity contribution in [3.05, 3.63) is 41.1 Å². The monoisotopic (exact) mass is 297 g/mol. The van der Waals surface area contributed by atoms with Crippen molar-refractivity contribution in [1.82, 2.24) is 19.9 Å². The number of aromatic nitrogens is 4. The van der Waals surface area contributed by atoms with Gasteiger partial charge >= 0.3 is 0 Å². The normalized spacial score (nSPS) is 14.4. The van der Waals surface area contributed by atoms with Gasteiger partial charge in [-0.3, -0.25) is 0 Å². The molecule has 0 aromatic carbocycles. The van der Waals surface area contributed by atoms with Crippen LogP contribution in [0.15, 0.2) is 24.0 Å². The first-order valence-corrected chi connectivity index (χ1v) is 8.00. The Kier molecular flexibility index (Phi) is 3.03. The summed E-state index contributed by atoms with van der Waals surface area (Å²) in [7, 11) is 0. The smallest absolute Gasteiger partial charge is 0.141 e. The van der Waals surface area contributed by atoms with Crippen molar-refractivity contribution >= 4 is 27.4 Å². The second-order valence-electron chi connectivity index (χ2n) is 5.12. The van der Waals surface area contributed by atoms with Gasteiger partial charge in [-0.2, -0.15) is 0 Å². The molecule has 0 saturated carbocycles. The average Bonchev–Trinajstić information content (AvgIpc) is 3.02. The molecule has 0 saturated heterocycles. The fraction of sp³-hybridized carbons (Fsp3) is 0.333. The maximum Gasteiger partial charge on any atom is 0.141 e. The molecule has 0 atom stereocenters. The zero-order chi connectivity index (χ0) is 14.2. The second-order valence-corrected chi connectivity index (χ2v) is 6.01. The van der Waals surface area contributed by atoms with Crippen LogP contribution in [0.2, 0.25) is 0 Å². The van der Waals surface area contributed by atoms with Gasteiger partial charge in [0.1, 0.15) is 22.8 Å². The molecule has 1 aliphatic heterocycles. The van der Waals surface area contributed by atoms with Crippen LogP contribution in [0.1, 0.15) is 24.0 Å². The maximum atomic E-state index is 4.68. The molecule has 6 heteroatoms. The Hall–Kier alpha value is -2.08. The summed E-state index contributed by atoms with van der Waals surface area (Å²) in [5.41, 5.74) is 2.40. The van der Waals surface area contributed by atoms with Crippen molar-refractivity contribution in [2.24, 2.45) is 0 Å². The molecule has 0 radical (unpaired) electrons. The topological polar surface area (TPSA) is 54.8 Å². The summed E-state index contributed by atoms with van der Waals surface area (Å²) in [6, 6.07) is 2.10. The number of thiophene rings is 1. The molecule has 0 fully saturated rings. The number of nitrogens with zero attached hydrogens (tertiary/aromatic N) is 5. The third-order valence-corrected chi connectivity index (χ3v) is 4.67. The number of rotatable bonds is 2. The molecule has 0 aliphatic carbocycles. The summed E-state index contributed by atoms with van der Waals surface area (Å²) in [4.78, 5) is 21.2. The fourth-order valence-electron chi connectivity index (χ4n) is 2.72. The van der Waals surface area contributed by atoms with E-state index in [-0.39, 0.29) is 0 Å². The lowest BCUT2D eigenvalue weighted by Crippen LogP contribution is -2.32. The van der Waals surface area contributed by atoms with Crippen LogP contribution in [0.5, 0.6) is 0 Å². The third-order valence-electron chi connectivity index (χ3n) is 3.85. The zero-order valence-electron chi connectivity index (χ0n) is 11.8. The Balaban J connectivity index is 1.73. The predicted molar refractivity (Wildman–Crippen MR) is 83.6 cm³/mol. The van der Waals surface area contributed by atoms with Crippen molar-refractivity contribution in [2.75, 3.05) is 11.4 Å². The van der Waals surface area contributed by atoms with E-state index >= 15 is 0 Å². The van der Waals surface area contributed by atoms with Gasteiger partial charge in [0.2, 0.25) is 0 Å². The predicted octanol–water partition coefficient (Wildman–Crippen LogP) is 2.61. The number of hydrogen-bond acceptors (Lipinski definition) is 6. The van der Waals surface area contributed by atoms with Crippen molar-refractivity contribution in [1.29, 1.82) is 0 Å². The minimum Gasteiger partial charge on any atom is -0.350 e. The van der Waals surface area contributed by atoms with E-state index in [2.05, 4.69) is 43.2 Å². The highest BCUT2D eigenvalue weighted by Crippen LogP contribution is 2.29. The Labute approximate surface area is 126 Å². The summed E-state index contributed by atoms with van der Waals surface area (Å²) < 4.78 is 0.